The summed E-state index contributed by atoms with van der Waals surface area (Å²) in [5, 5.41) is 3.38. The summed E-state index contributed by atoms with van der Waals surface area (Å²) in [7, 11) is 0. The second kappa shape index (κ2) is 7.58. The summed E-state index contributed by atoms with van der Waals surface area (Å²) < 4.78 is 6.61. The Labute approximate surface area is 155 Å². The first kappa shape index (κ1) is 17.3. The van der Waals surface area contributed by atoms with Gasteiger partial charge in [-0.3, -0.25) is 4.79 Å². The molecule has 0 bridgehead atoms. The Bertz CT molecular complexity index is 763. The quantitative estimate of drug-likeness (QED) is 0.737. The summed E-state index contributed by atoms with van der Waals surface area (Å²) >= 11 is 9.37. The Balaban J connectivity index is 1.64. The monoisotopic (exact) mass is 407 g/mol. The van der Waals surface area contributed by atoms with E-state index in [1.54, 1.807) is 25.1 Å². The predicted molar refractivity (Wildman–Crippen MR) is 101 cm³/mol. The van der Waals surface area contributed by atoms with E-state index in [0.29, 0.717) is 10.7 Å². The fourth-order valence-corrected chi connectivity index (χ4v) is 3.29. The molecule has 0 aliphatic heterocycles. The highest BCUT2D eigenvalue weighted by Gasteiger charge is 2.17. The molecule has 0 saturated carbocycles. The van der Waals surface area contributed by atoms with Gasteiger partial charge >= 0.3 is 0 Å². The smallest absolute Gasteiger partial charge is 0.265 e. The van der Waals surface area contributed by atoms with Crippen LogP contribution >= 0.6 is 27.5 Å². The first-order chi connectivity index (χ1) is 11.5. The average Bonchev–Trinajstić information content (AvgIpc) is 2.58. The van der Waals surface area contributed by atoms with Crippen molar-refractivity contribution in [2.45, 2.75) is 38.7 Å². The Morgan fingerprint density at radius 1 is 1.17 bits per heavy atom. The molecule has 2 aromatic rings. The predicted octanol–water partition coefficient (Wildman–Crippen LogP) is 5.39. The molecule has 0 heterocycles. The van der Waals surface area contributed by atoms with Gasteiger partial charge in [0.15, 0.2) is 6.10 Å². The molecule has 1 unspecified atom stereocenters. The van der Waals surface area contributed by atoms with Crippen molar-refractivity contribution in [1.82, 2.24) is 0 Å². The highest BCUT2D eigenvalue weighted by molar-refractivity contribution is 9.10. The minimum atomic E-state index is -0.589. The van der Waals surface area contributed by atoms with Crippen LogP contribution in [0.5, 0.6) is 5.75 Å². The van der Waals surface area contributed by atoms with Gasteiger partial charge in [0.1, 0.15) is 5.75 Å². The number of rotatable bonds is 4. The molecule has 0 spiro atoms. The van der Waals surface area contributed by atoms with Crippen molar-refractivity contribution in [3.63, 3.8) is 0 Å². The summed E-state index contributed by atoms with van der Waals surface area (Å²) in [6.45, 7) is 1.75. The normalized spacial score (nSPS) is 14.6. The van der Waals surface area contributed by atoms with Crippen LogP contribution in [0, 0.1) is 0 Å². The summed E-state index contributed by atoms with van der Waals surface area (Å²) in [6.07, 6.45) is 4.10. The molecule has 3 rings (SSSR count). The number of benzene rings is 2. The van der Waals surface area contributed by atoms with E-state index in [1.807, 2.05) is 6.07 Å². The summed E-state index contributed by atoms with van der Waals surface area (Å²) in [6, 6.07) is 11.4. The third-order valence-corrected chi connectivity index (χ3v) is 5.42. The molecule has 24 heavy (non-hydrogen) atoms. The van der Waals surface area contributed by atoms with Gasteiger partial charge in [-0.25, -0.2) is 0 Å². The third kappa shape index (κ3) is 4.11. The minimum Gasteiger partial charge on any atom is -0.481 e. The van der Waals surface area contributed by atoms with Gasteiger partial charge in [-0.2, -0.15) is 0 Å². The lowest BCUT2D eigenvalue weighted by Gasteiger charge is -2.19. The Morgan fingerprint density at radius 3 is 2.67 bits per heavy atom. The van der Waals surface area contributed by atoms with Gasteiger partial charge in [-0.15, -0.1) is 0 Å². The van der Waals surface area contributed by atoms with Crippen molar-refractivity contribution in [3.8, 4) is 5.75 Å². The van der Waals surface area contributed by atoms with E-state index in [0.717, 1.165) is 23.1 Å². The fraction of sp³-hybridized carbons (Fsp3) is 0.316. The lowest BCUT2D eigenvalue weighted by atomic mass is 9.92. The standard InChI is InChI=1S/C19H19BrClNO2/c1-12(19(23)22-15-7-9-17(20)18(21)11-15)24-16-8-6-13-4-2-3-5-14(13)10-16/h6-12H,2-5H2,1H3,(H,22,23). The number of carbonyl (C=O) groups is 1. The number of aryl methyl sites for hydroxylation is 2. The Kier molecular flexibility index (Phi) is 5.47. The van der Waals surface area contributed by atoms with E-state index in [9.17, 15) is 4.79 Å². The van der Waals surface area contributed by atoms with Gasteiger partial charge in [0, 0.05) is 10.2 Å². The highest BCUT2D eigenvalue weighted by Crippen LogP contribution is 2.27. The molecular weight excluding hydrogens is 390 g/mol. The molecule has 1 aliphatic rings. The number of hydrogen-bond acceptors (Lipinski definition) is 2. The molecule has 2 aromatic carbocycles. The maximum atomic E-state index is 12.3. The van der Waals surface area contributed by atoms with E-state index in [-0.39, 0.29) is 5.91 Å². The topological polar surface area (TPSA) is 38.3 Å². The second-order valence-electron chi connectivity index (χ2n) is 6.02. The van der Waals surface area contributed by atoms with Crippen LogP contribution in [0.3, 0.4) is 0 Å². The second-order valence-corrected chi connectivity index (χ2v) is 7.28. The van der Waals surface area contributed by atoms with E-state index in [2.05, 4.69) is 33.4 Å². The van der Waals surface area contributed by atoms with E-state index >= 15 is 0 Å². The van der Waals surface area contributed by atoms with Crippen molar-refractivity contribution in [2.24, 2.45) is 0 Å². The minimum absolute atomic E-state index is 0.203. The first-order valence-electron chi connectivity index (χ1n) is 8.07. The van der Waals surface area contributed by atoms with E-state index in [1.165, 1.54) is 24.0 Å². The van der Waals surface area contributed by atoms with Crippen molar-refractivity contribution in [3.05, 3.63) is 57.0 Å². The molecule has 126 valence electrons. The van der Waals surface area contributed by atoms with E-state index in [4.69, 9.17) is 16.3 Å². The number of amides is 1. The zero-order valence-corrected chi connectivity index (χ0v) is 15.8. The molecule has 1 N–H and O–H groups in total. The SMILES string of the molecule is CC(Oc1ccc2c(c1)CCCC2)C(=O)Nc1ccc(Br)c(Cl)c1. The van der Waals surface area contributed by atoms with Crippen molar-refractivity contribution < 1.29 is 9.53 Å². The Hall–Kier alpha value is -1.52. The number of anilines is 1. The number of nitrogens with one attached hydrogen (secondary N) is 1. The van der Waals surface area contributed by atoms with Crippen LogP contribution in [-0.2, 0) is 17.6 Å². The lowest BCUT2D eigenvalue weighted by molar-refractivity contribution is -0.122. The van der Waals surface area contributed by atoms with Gasteiger partial charge in [-0.05, 0) is 90.0 Å². The molecule has 1 aliphatic carbocycles. The molecule has 1 atom stereocenters. The summed E-state index contributed by atoms with van der Waals surface area (Å²) in [5.41, 5.74) is 3.38. The molecule has 0 radical (unpaired) electrons. The van der Waals surface area contributed by atoms with Crippen LogP contribution in [0.25, 0.3) is 0 Å². The van der Waals surface area contributed by atoms with Crippen molar-refractivity contribution >= 4 is 39.1 Å². The maximum Gasteiger partial charge on any atom is 0.265 e. The fourth-order valence-electron chi connectivity index (χ4n) is 2.86. The molecule has 1 amide bonds. The first-order valence-corrected chi connectivity index (χ1v) is 9.24. The van der Waals surface area contributed by atoms with Gasteiger partial charge in [0.05, 0.1) is 5.02 Å². The van der Waals surface area contributed by atoms with Crippen LogP contribution in [0.15, 0.2) is 40.9 Å². The zero-order valence-electron chi connectivity index (χ0n) is 13.4. The Morgan fingerprint density at radius 2 is 1.92 bits per heavy atom. The van der Waals surface area contributed by atoms with Gasteiger partial charge < -0.3 is 10.1 Å². The zero-order chi connectivity index (χ0) is 17.1. The van der Waals surface area contributed by atoms with Crippen LogP contribution in [0.4, 0.5) is 5.69 Å². The van der Waals surface area contributed by atoms with Crippen LogP contribution < -0.4 is 10.1 Å². The molecule has 0 fully saturated rings. The molecular formula is C19H19BrClNO2. The molecule has 3 nitrogen and oxygen atoms in total. The number of carbonyl (C=O) groups excluding carboxylic acids is 1. The molecule has 0 aromatic heterocycles. The van der Waals surface area contributed by atoms with Crippen molar-refractivity contribution in [1.29, 1.82) is 0 Å². The van der Waals surface area contributed by atoms with Crippen LogP contribution in [0.2, 0.25) is 5.02 Å². The summed E-state index contributed by atoms with van der Waals surface area (Å²) in [4.78, 5) is 12.3. The largest absolute Gasteiger partial charge is 0.481 e. The number of hydrogen-bond donors (Lipinski definition) is 1. The van der Waals surface area contributed by atoms with Gasteiger partial charge in [-0.1, -0.05) is 17.7 Å². The van der Waals surface area contributed by atoms with Crippen molar-refractivity contribution in [2.75, 3.05) is 5.32 Å². The van der Waals surface area contributed by atoms with Gasteiger partial charge in [0.25, 0.3) is 5.91 Å². The van der Waals surface area contributed by atoms with Crippen LogP contribution in [-0.4, -0.2) is 12.0 Å². The molecule has 0 saturated heterocycles. The maximum absolute atomic E-state index is 12.3. The lowest BCUT2D eigenvalue weighted by Crippen LogP contribution is -2.30. The van der Waals surface area contributed by atoms with Gasteiger partial charge in [0.2, 0.25) is 0 Å². The third-order valence-electron chi connectivity index (χ3n) is 4.19. The van der Waals surface area contributed by atoms with E-state index < -0.39 is 6.10 Å². The number of ether oxygens (including phenoxy) is 1. The number of halogens is 2. The molecule has 5 heteroatoms. The highest BCUT2D eigenvalue weighted by atomic mass is 79.9. The number of fused-ring (bicyclic) bond motifs is 1. The van der Waals surface area contributed by atoms with Crippen LogP contribution in [0.1, 0.15) is 30.9 Å². The summed E-state index contributed by atoms with van der Waals surface area (Å²) in [5.74, 6) is 0.540. The average molecular weight is 409 g/mol.